The van der Waals surface area contributed by atoms with Gasteiger partial charge in [0.15, 0.2) is 0 Å². The molecule has 0 aromatic rings. The molecule has 0 bridgehead atoms. The Hall–Kier alpha value is -1.80. The first-order valence-electron chi connectivity index (χ1n) is 6.50. The van der Waals surface area contributed by atoms with Gasteiger partial charge in [-0.1, -0.05) is 0 Å². The van der Waals surface area contributed by atoms with E-state index >= 15 is 0 Å². The fraction of sp³-hybridized carbons (Fsp3) is 0.667. The highest BCUT2D eigenvalue weighted by Crippen LogP contribution is 2.13. The molecule has 2 aliphatic heterocycles. The van der Waals surface area contributed by atoms with Crippen molar-refractivity contribution >= 4 is 23.6 Å². The lowest BCUT2D eigenvalue weighted by Crippen LogP contribution is -2.61. The molecule has 2 rings (SSSR count). The molecule has 20 heavy (non-hydrogen) atoms. The smallest absolute Gasteiger partial charge is 0.240 e. The van der Waals surface area contributed by atoms with Crippen molar-refractivity contribution in [1.29, 1.82) is 0 Å². The number of hydrogen-bond donors (Lipinski definition) is 2. The standard InChI is InChI=1S/C12H18N4O4/c1-7(15-3-9(17)13-10(18)4-15)8(2)16-5-11(19)14-12(20)6-16/h7-8H,3-6H2,1-2H3,(H,13,17,18)(H,14,19,20)/t7-,8+. The first-order valence-corrected chi connectivity index (χ1v) is 6.50. The first-order chi connectivity index (χ1) is 9.36. The maximum atomic E-state index is 11.4. The van der Waals surface area contributed by atoms with E-state index < -0.39 is 0 Å². The second-order valence-electron chi connectivity index (χ2n) is 5.23. The minimum Gasteiger partial charge on any atom is -0.294 e. The Bertz CT molecular complexity index is 390. The number of rotatable bonds is 3. The summed E-state index contributed by atoms with van der Waals surface area (Å²) in [7, 11) is 0. The lowest BCUT2D eigenvalue weighted by atomic mass is 10.1. The van der Waals surface area contributed by atoms with E-state index in [1.165, 1.54) is 0 Å². The Balaban J connectivity index is 2.02. The predicted molar refractivity (Wildman–Crippen MR) is 68.4 cm³/mol. The maximum Gasteiger partial charge on any atom is 0.240 e. The van der Waals surface area contributed by atoms with Crippen LogP contribution in [-0.2, 0) is 19.2 Å². The minimum atomic E-state index is -0.326. The summed E-state index contributed by atoms with van der Waals surface area (Å²) in [4.78, 5) is 49.0. The normalized spacial score (nSPS) is 25.1. The molecule has 0 radical (unpaired) electrons. The van der Waals surface area contributed by atoms with Crippen molar-refractivity contribution < 1.29 is 19.2 Å². The molecule has 2 aliphatic rings. The van der Waals surface area contributed by atoms with Crippen LogP contribution in [0.5, 0.6) is 0 Å². The van der Waals surface area contributed by atoms with E-state index in [1.807, 2.05) is 13.8 Å². The summed E-state index contributed by atoms with van der Waals surface area (Å²) in [5, 5.41) is 4.49. The number of imide groups is 2. The Morgan fingerprint density at radius 1 is 0.700 bits per heavy atom. The number of amides is 4. The van der Waals surface area contributed by atoms with Crippen molar-refractivity contribution in [3.8, 4) is 0 Å². The molecule has 2 N–H and O–H groups in total. The molecule has 0 aromatic carbocycles. The van der Waals surface area contributed by atoms with Gasteiger partial charge in [0, 0.05) is 12.1 Å². The van der Waals surface area contributed by atoms with Crippen LogP contribution in [0.25, 0.3) is 0 Å². The van der Waals surface area contributed by atoms with Crippen molar-refractivity contribution in [3.05, 3.63) is 0 Å². The van der Waals surface area contributed by atoms with Gasteiger partial charge < -0.3 is 0 Å². The molecule has 0 spiro atoms. The predicted octanol–water partition coefficient (Wildman–Crippen LogP) is -2.32. The lowest BCUT2D eigenvalue weighted by Gasteiger charge is -2.40. The number of carbonyl (C=O) groups is 4. The molecule has 8 heteroatoms. The fourth-order valence-corrected chi connectivity index (χ4v) is 2.50. The summed E-state index contributed by atoms with van der Waals surface area (Å²) < 4.78 is 0. The maximum absolute atomic E-state index is 11.4. The molecule has 110 valence electrons. The topological polar surface area (TPSA) is 98.8 Å². The molecule has 2 atom stereocenters. The number of piperazine rings is 2. The third kappa shape index (κ3) is 3.20. The van der Waals surface area contributed by atoms with Gasteiger partial charge in [0.05, 0.1) is 26.2 Å². The van der Waals surface area contributed by atoms with E-state index in [2.05, 4.69) is 10.6 Å². The molecule has 4 amide bonds. The molecule has 0 aliphatic carbocycles. The van der Waals surface area contributed by atoms with Crippen molar-refractivity contribution in [2.24, 2.45) is 0 Å². The molecule has 0 saturated carbocycles. The van der Waals surface area contributed by atoms with E-state index in [-0.39, 0.29) is 61.9 Å². The molecular weight excluding hydrogens is 264 g/mol. The third-order valence-corrected chi connectivity index (χ3v) is 3.79. The monoisotopic (exact) mass is 282 g/mol. The van der Waals surface area contributed by atoms with Crippen LogP contribution in [0.4, 0.5) is 0 Å². The highest BCUT2D eigenvalue weighted by Gasteiger charge is 2.34. The van der Waals surface area contributed by atoms with Gasteiger partial charge in [-0.2, -0.15) is 0 Å². The Labute approximate surface area is 116 Å². The number of hydrogen-bond acceptors (Lipinski definition) is 6. The summed E-state index contributed by atoms with van der Waals surface area (Å²) >= 11 is 0. The molecule has 2 saturated heterocycles. The molecule has 2 heterocycles. The first kappa shape index (κ1) is 14.6. The molecule has 0 unspecified atom stereocenters. The number of nitrogens with zero attached hydrogens (tertiary/aromatic N) is 2. The molecule has 0 aromatic heterocycles. The zero-order chi connectivity index (χ0) is 14.9. The summed E-state index contributed by atoms with van der Waals surface area (Å²) in [6.45, 7) is 4.34. The molecule has 2 fully saturated rings. The summed E-state index contributed by atoms with van der Waals surface area (Å²) in [6.07, 6.45) is 0. The minimum absolute atomic E-state index is 0.122. The van der Waals surface area contributed by atoms with Crippen molar-refractivity contribution in [3.63, 3.8) is 0 Å². The van der Waals surface area contributed by atoms with Gasteiger partial charge in [0.1, 0.15) is 0 Å². The quantitative estimate of drug-likeness (QED) is 0.564. The highest BCUT2D eigenvalue weighted by molar-refractivity contribution is 6.00. The fourth-order valence-electron chi connectivity index (χ4n) is 2.50. The Kier molecular flexibility index (Phi) is 4.15. The van der Waals surface area contributed by atoms with Crippen LogP contribution in [0.1, 0.15) is 13.8 Å². The van der Waals surface area contributed by atoms with Crippen LogP contribution in [0.2, 0.25) is 0 Å². The Morgan fingerprint density at radius 3 is 1.20 bits per heavy atom. The van der Waals surface area contributed by atoms with E-state index in [4.69, 9.17) is 0 Å². The average molecular weight is 282 g/mol. The average Bonchev–Trinajstić information content (AvgIpc) is 2.34. The Morgan fingerprint density at radius 2 is 0.950 bits per heavy atom. The van der Waals surface area contributed by atoms with Crippen LogP contribution in [0, 0.1) is 0 Å². The highest BCUT2D eigenvalue weighted by atomic mass is 16.2. The largest absolute Gasteiger partial charge is 0.294 e. The van der Waals surface area contributed by atoms with Gasteiger partial charge in [0.25, 0.3) is 0 Å². The van der Waals surface area contributed by atoms with Gasteiger partial charge >= 0.3 is 0 Å². The van der Waals surface area contributed by atoms with Gasteiger partial charge in [-0.3, -0.25) is 39.6 Å². The van der Waals surface area contributed by atoms with Crippen LogP contribution in [0.3, 0.4) is 0 Å². The second-order valence-corrected chi connectivity index (χ2v) is 5.23. The summed E-state index contributed by atoms with van der Waals surface area (Å²) in [5.41, 5.74) is 0. The van der Waals surface area contributed by atoms with E-state index in [0.717, 1.165) is 0 Å². The zero-order valence-corrected chi connectivity index (χ0v) is 11.5. The van der Waals surface area contributed by atoms with Crippen LogP contribution >= 0.6 is 0 Å². The summed E-state index contributed by atoms with van der Waals surface area (Å²) in [5.74, 6) is -1.30. The third-order valence-electron chi connectivity index (χ3n) is 3.79. The van der Waals surface area contributed by atoms with E-state index in [1.54, 1.807) is 9.80 Å². The van der Waals surface area contributed by atoms with Crippen LogP contribution in [-0.4, -0.2) is 71.7 Å². The van der Waals surface area contributed by atoms with Gasteiger partial charge in [-0.15, -0.1) is 0 Å². The summed E-state index contributed by atoms with van der Waals surface area (Å²) in [6, 6.07) is -0.243. The molecule has 8 nitrogen and oxygen atoms in total. The SMILES string of the molecule is C[C@H]([C@H](C)N1CC(=O)NC(=O)C1)N1CC(=O)NC(=O)C1. The number of nitrogens with one attached hydrogen (secondary N) is 2. The van der Waals surface area contributed by atoms with Crippen LogP contribution < -0.4 is 10.6 Å². The van der Waals surface area contributed by atoms with Crippen LogP contribution in [0.15, 0.2) is 0 Å². The van der Waals surface area contributed by atoms with Crippen molar-refractivity contribution in [2.45, 2.75) is 25.9 Å². The second kappa shape index (κ2) is 5.68. The van der Waals surface area contributed by atoms with Gasteiger partial charge in [-0.25, -0.2) is 0 Å². The molecular formula is C12H18N4O4. The lowest BCUT2D eigenvalue weighted by molar-refractivity contribution is -0.141. The van der Waals surface area contributed by atoms with Crippen molar-refractivity contribution in [2.75, 3.05) is 26.2 Å². The van der Waals surface area contributed by atoms with Crippen molar-refractivity contribution in [1.82, 2.24) is 20.4 Å². The van der Waals surface area contributed by atoms with Gasteiger partial charge in [-0.05, 0) is 13.8 Å². The van der Waals surface area contributed by atoms with E-state index in [0.29, 0.717) is 0 Å². The van der Waals surface area contributed by atoms with Gasteiger partial charge in [0.2, 0.25) is 23.6 Å². The van der Waals surface area contributed by atoms with E-state index in [9.17, 15) is 19.2 Å². The zero-order valence-electron chi connectivity index (χ0n) is 11.5. The number of carbonyl (C=O) groups excluding carboxylic acids is 4.